The molecule has 2 unspecified atom stereocenters. The van der Waals surface area contributed by atoms with Gasteiger partial charge < -0.3 is 5.11 Å². The molecule has 1 aromatic rings. The summed E-state index contributed by atoms with van der Waals surface area (Å²) in [6.07, 6.45) is 7.51. The fourth-order valence-electron chi connectivity index (χ4n) is 4.04. The summed E-state index contributed by atoms with van der Waals surface area (Å²) in [5, 5.41) is 9.28. The molecular weight excluding hydrogens is 269 g/mol. The Labute approximate surface area is 124 Å². The number of aromatic carboxylic acids is 1. The summed E-state index contributed by atoms with van der Waals surface area (Å²) in [5.74, 6) is -0.580. The normalized spacial score (nSPS) is 26.3. The van der Waals surface area contributed by atoms with Gasteiger partial charge in [-0.1, -0.05) is 12.8 Å². The highest BCUT2D eigenvalue weighted by molar-refractivity contribution is 5.89. The number of likely N-dealkylation sites (tertiary alicyclic amines) is 1. The number of hydrogen-bond donors (Lipinski definition) is 1. The minimum Gasteiger partial charge on any atom is -0.478 e. The summed E-state index contributed by atoms with van der Waals surface area (Å²) in [7, 11) is 0. The highest BCUT2D eigenvalue weighted by atomic mass is 19.1. The number of carbonyl (C=O) groups is 1. The molecule has 4 heteroatoms. The molecule has 1 saturated heterocycles. The molecule has 2 atom stereocenters. The van der Waals surface area contributed by atoms with Crippen LogP contribution >= 0.6 is 0 Å². The van der Waals surface area contributed by atoms with Crippen molar-refractivity contribution in [3.05, 3.63) is 35.1 Å². The van der Waals surface area contributed by atoms with Crippen LogP contribution in [0.2, 0.25) is 0 Å². The van der Waals surface area contributed by atoms with Crippen LogP contribution in [0.4, 0.5) is 4.39 Å². The van der Waals surface area contributed by atoms with Crippen molar-refractivity contribution in [2.75, 3.05) is 6.54 Å². The van der Waals surface area contributed by atoms with Crippen LogP contribution in [0.5, 0.6) is 0 Å². The first kappa shape index (κ1) is 14.5. The van der Waals surface area contributed by atoms with Crippen molar-refractivity contribution in [2.24, 2.45) is 5.92 Å². The first-order chi connectivity index (χ1) is 10.1. The molecular formula is C17H22FNO2. The topological polar surface area (TPSA) is 40.5 Å². The van der Waals surface area contributed by atoms with E-state index in [1.165, 1.54) is 56.7 Å². The number of nitrogens with zero attached hydrogens (tertiary/aromatic N) is 1. The molecule has 0 bridgehead atoms. The van der Waals surface area contributed by atoms with Crippen LogP contribution < -0.4 is 0 Å². The molecule has 0 amide bonds. The van der Waals surface area contributed by atoms with E-state index in [1.807, 2.05) is 0 Å². The fourth-order valence-corrected chi connectivity index (χ4v) is 4.04. The summed E-state index contributed by atoms with van der Waals surface area (Å²) in [5.41, 5.74) is 0.836. The molecule has 1 aliphatic heterocycles. The van der Waals surface area contributed by atoms with Crippen LogP contribution in [-0.4, -0.2) is 28.6 Å². The second kappa shape index (κ2) is 6.14. The predicted octanol–water partition coefficient (Wildman–Crippen LogP) is 3.68. The van der Waals surface area contributed by atoms with E-state index in [4.69, 9.17) is 0 Å². The summed E-state index contributed by atoms with van der Waals surface area (Å²) in [6, 6.07) is 4.55. The molecule has 1 aromatic carbocycles. The molecule has 114 valence electrons. The molecule has 2 fully saturated rings. The third kappa shape index (κ3) is 3.10. The van der Waals surface area contributed by atoms with Gasteiger partial charge in [-0.3, -0.25) is 4.90 Å². The average Bonchev–Trinajstić information content (AvgIpc) is 2.47. The third-order valence-corrected chi connectivity index (χ3v) is 5.03. The molecule has 0 spiro atoms. The molecule has 3 rings (SSSR count). The Hall–Kier alpha value is -1.42. The van der Waals surface area contributed by atoms with Gasteiger partial charge in [0, 0.05) is 12.6 Å². The maximum absolute atomic E-state index is 13.5. The zero-order valence-electron chi connectivity index (χ0n) is 12.2. The molecule has 0 radical (unpaired) electrons. The van der Waals surface area contributed by atoms with Crippen LogP contribution in [0, 0.1) is 11.7 Å². The fraction of sp³-hybridized carbons (Fsp3) is 0.588. The first-order valence-electron chi connectivity index (χ1n) is 7.91. The summed E-state index contributed by atoms with van der Waals surface area (Å²) in [4.78, 5) is 13.7. The van der Waals surface area contributed by atoms with Crippen molar-refractivity contribution >= 4 is 5.97 Å². The lowest BCUT2D eigenvalue weighted by atomic mass is 9.78. The van der Waals surface area contributed by atoms with Gasteiger partial charge in [-0.15, -0.1) is 0 Å². The van der Waals surface area contributed by atoms with E-state index in [-0.39, 0.29) is 11.4 Å². The Morgan fingerprint density at radius 1 is 1.24 bits per heavy atom. The van der Waals surface area contributed by atoms with Crippen molar-refractivity contribution in [1.29, 1.82) is 0 Å². The zero-order valence-corrected chi connectivity index (χ0v) is 12.2. The highest BCUT2D eigenvalue weighted by Gasteiger charge is 2.33. The monoisotopic (exact) mass is 291 g/mol. The molecule has 21 heavy (non-hydrogen) atoms. The standard InChI is InChI=1S/C17H22FNO2/c18-14-7-8-15(17(20)21)13(10-14)11-19-9-3-5-12-4-1-2-6-16(12)19/h7-8,10,12,16H,1-6,9,11H2,(H,20,21). The second-order valence-corrected chi connectivity index (χ2v) is 6.33. The quantitative estimate of drug-likeness (QED) is 0.923. The van der Waals surface area contributed by atoms with Gasteiger partial charge in [0.1, 0.15) is 5.82 Å². The maximum atomic E-state index is 13.5. The van der Waals surface area contributed by atoms with Crippen molar-refractivity contribution in [2.45, 2.75) is 51.1 Å². The number of benzene rings is 1. The third-order valence-electron chi connectivity index (χ3n) is 5.03. The van der Waals surface area contributed by atoms with Gasteiger partial charge in [-0.2, -0.15) is 0 Å². The van der Waals surface area contributed by atoms with E-state index < -0.39 is 5.97 Å². The molecule has 2 aliphatic rings. The number of piperidine rings is 1. The number of carboxylic acids is 1. The lowest BCUT2D eigenvalue weighted by Gasteiger charge is -2.44. The van der Waals surface area contributed by atoms with Crippen LogP contribution in [0.1, 0.15) is 54.4 Å². The van der Waals surface area contributed by atoms with Crippen LogP contribution in [0.25, 0.3) is 0 Å². The molecule has 1 N–H and O–H groups in total. The zero-order chi connectivity index (χ0) is 14.8. The predicted molar refractivity (Wildman–Crippen MR) is 78.7 cm³/mol. The maximum Gasteiger partial charge on any atom is 0.336 e. The Kier molecular flexibility index (Phi) is 4.24. The van der Waals surface area contributed by atoms with E-state index >= 15 is 0 Å². The minimum absolute atomic E-state index is 0.231. The Morgan fingerprint density at radius 2 is 2.00 bits per heavy atom. The second-order valence-electron chi connectivity index (χ2n) is 6.33. The Bertz CT molecular complexity index is 530. The number of hydrogen-bond acceptors (Lipinski definition) is 2. The van der Waals surface area contributed by atoms with Gasteiger partial charge in [0.05, 0.1) is 5.56 Å². The van der Waals surface area contributed by atoms with Gasteiger partial charge in [0.15, 0.2) is 0 Å². The van der Waals surface area contributed by atoms with E-state index in [0.29, 0.717) is 18.2 Å². The lowest BCUT2D eigenvalue weighted by molar-refractivity contribution is 0.0534. The highest BCUT2D eigenvalue weighted by Crippen LogP contribution is 2.36. The lowest BCUT2D eigenvalue weighted by Crippen LogP contribution is -2.46. The molecule has 1 aliphatic carbocycles. The summed E-state index contributed by atoms with van der Waals surface area (Å²) in [6.45, 7) is 1.55. The van der Waals surface area contributed by atoms with E-state index in [0.717, 1.165) is 12.5 Å². The minimum atomic E-state index is -0.970. The SMILES string of the molecule is O=C(O)c1ccc(F)cc1CN1CCCC2CCCCC21. The average molecular weight is 291 g/mol. The van der Waals surface area contributed by atoms with Crippen LogP contribution in [-0.2, 0) is 6.54 Å². The van der Waals surface area contributed by atoms with Crippen molar-refractivity contribution in [3.8, 4) is 0 Å². The smallest absolute Gasteiger partial charge is 0.336 e. The van der Waals surface area contributed by atoms with Crippen molar-refractivity contribution < 1.29 is 14.3 Å². The molecule has 3 nitrogen and oxygen atoms in total. The number of fused-ring (bicyclic) bond motifs is 1. The van der Waals surface area contributed by atoms with Gasteiger partial charge in [0.25, 0.3) is 0 Å². The van der Waals surface area contributed by atoms with Gasteiger partial charge in [0.2, 0.25) is 0 Å². The van der Waals surface area contributed by atoms with E-state index in [2.05, 4.69) is 4.90 Å². The molecule has 1 heterocycles. The first-order valence-corrected chi connectivity index (χ1v) is 7.91. The largest absolute Gasteiger partial charge is 0.478 e. The van der Waals surface area contributed by atoms with Crippen molar-refractivity contribution in [1.82, 2.24) is 4.90 Å². The summed E-state index contributed by atoms with van der Waals surface area (Å²) < 4.78 is 13.5. The molecule has 0 aromatic heterocycles. The van der Waals surface area contributed by atoms with Crippen LogP contribution in [0.3, 0.4) is 0 Å². The van der Waals surface area contributed by atoms with Gasteiger partial charge in [-0.25, -0.2) is 9.18 Å². The Balaban J connectivity index is 1.82. The van der Waals surface area contributed by atoms with E-state index in [1.54, 1.807) is 0 Å². The number of rotatable bonds is 3. The van der Waals surface area contributed by atoms with Crippen LogP contribution in [0.15, 0.2) is 18.2 Å². The number of carboxylic acid groups (broad SMARTS) is 1. The van der Waals surface area contributed by atoms with Gasteiger partial charge in [-0.05, 0) is 61.9 Å². The molecule has 1 saturated carbocycles. The number of halogens is 1. The summed E-state index contributed by atoms with van der Waals surface area (Å²) >= 11 is 0. The Morgan fingerprint density at radius 3 is 2.81 bits per heavy atom. The van der Waals surface area contributed by atoms with Crippen molar-refractivity contribution in [3.63, 3.8) is 0 Å². The van der Waals surface area contributed by atoms with Gasteiger partial charge >= 0.3 is 5.97 Å². The van der Waals surface area contributed by atoms with E-state index in [9.17, 15) is 14.3 Å².